The average Bonchev–Trinajstić information content (AvgIpc) is 2.74. The molecule has 4 heteroatoms. The van der Waals surface area contributed by atoms with E-state index in [-0.39, 0.29) is 0 Å². The number of aryl methyl sites for hydroxylation is 2. The molecule has 0 aliphatic carbocycles. The van der Waals surface area contributed by atoms with E-state index in [1.165, 1.54) is 15.3 Å². The topological polar surface area (TPSA) is 30.5 Å². The largest absolute Gasteiger partial charge is 0.497 e. The molecule has 0 radical (unpaired) electrons. The van der Waals surface area contributed by atoms with Gasteiger partial charge in [0, 0.05) is 40.2 Å². The Morgan fingerprint density at radius 3 is 2.11 bits per heavy atom. The van der Waals surface area contributed by atoms with Crippen LogP contribution < -0.4 is 14.8 Å². The number of methoxy groups -OCH3 is 2. The van der Waals surface area contributed by atoms with Crippen molar-refractivity contribution in [2.45, 2.75) is 20.4 Å². The second kappa shape index (κ2) is 5.97. The molecule has 102 valence electrons. The fourth-order valence-corrected chi connectivity index (χ4v) is 2.91. The Morgan fingerprint density at radius 1 is 1.00 bits per heavy atom. The van der Waals surface area contributed by atoms with Gasteiger partial charge in [-0.15, -0.1) is 11.3 Å². The molecule has 0 fully saturated rings. The Morgan fingerprint density at radius 2 is 1.63 bits per heavy atom. The van der Waals surface area contributed by atoms with Crippen molar-refractivity contribution in [2.24, 2.45) is 0 Å². The van der Waals surface area contributed by atoms with Crippen LogP contribution in [-0.4, -0.2) is 14.2 Å². The summed E-state index contributed by atoms with van der Waals surface area (Å²) in [5.74, 6) is 1.58. The van der Waals surface area contributed by atoms with Crippen molar-refractivity contribution in [2.75, 3.05) is 19.5 Å². The summed E-state index contributed by atoms with van der Waals surface area (Å²) < 4.78 is 10.5. The van der Waals surface area contributed by atoms with E-state index < -0.39 is 0 Å². The second-order valence-electron chi connectivity index (χ2n) is 4.39. The van der Waals surface area contributed by atoms with E-state index in [0.29, 0.717) is 0 Å². The molecule has 1 aromatic heterocycles. The fourth-order valence-electron chi connectivity index (χ4n) is 1.97. The molecule has 0 aliphatic rings. The van der Waals surface area contributed by atoms with Gasteiger partial charge in [0.2, 0.25) is 0 Å². The third kappa shape index (κ3) is 3.41. The van der Waals surface area contributed by atoms with Crippen LogP contribution in [0.5, 0.6) is 11.5 Å². The van der Waals surface area contributed by atoms with Gasteiger partial charge in [-0.05, 0) is 25.5 Å². The molecule has 1 heterocycles. The molecule has 0 spiro atoms. The number of nitrogens with one attached hydrogen (secondary N) is 1. The van der Waals surface area contributed by atoms with Gasteiger partial charge in [-0.1, -0.05) is 0 Å². The van der Waals surface area contributed by atoms with Crippen molar-refractivity contribution in [1.82, 2.24) is 0 Å². The molecule has 0 aliphatic heterocycles. The molecule has 19 heavy (non-hydrogen) atoms. The van der Waals surface area contributed by atoms with E-state index in [1.54, 1.807) is 14.2 Å². The van der Waals surface area contributed by atoms with Crippen LogP contribution in [0.1, 0.15) is 15.3 Å². The predicted molar refractivity (Wildman–Crippen MR) is 80.7 cm³/mol. The molecule has 3 nitrogen and oxygen atoms in total. The number of benzene rings is 1. The average molecular weight is 277 g/mol. The van der Waals surface area contributed by atoms with Crippen LogP contribution in [0.2, 0.25) is 0 Å². The minimum absolute atomic E-state index is 0.792. The molecule has 2 aromatic rings. The lowest BCUT2D eigenvalue weighted by molar-refractivity contribution is 0.394. The molecule has 2 rings (SSSR count). The lowest BCUT2D eigenvalue weighted by Gasteiger charge is -2.10. The van der Waals surface area contributed by atoms with Crippen LogP contribution >= 0.6 is 11.3 Å². The zero-order valence-corrected chi connectivity index (χ0v) is 12.6. The van der Waals surface area contributed by atoms with Crippen LogP contribution in [0.4, 0.5) is 5.69 Å². The summed E-state index contributed by atoms with van der Waals surface area (Å²) >= 11 is 1.83. The fraction of sp³-hybridized carbons (Fsp3) is 0.333. The van der Waals surface area contributed by atoms with Crippen molar-refractivity contribution in [3.63, 3.8) is 0 Å². The Balaban J connectivity index is 2.12. The summed E-state index contributed by atoms with van der Waals surface area (Å²) in [4.78, 5) is 2.71. The minimum Gasteiger partial charge on any atom is -0.497 e. The normalized spacial score (nSPS) is 10.3. The molecule has 0 bridgehead atoms. The predicted octanol–water partition coefficient (Wildman–Crippen LogP) is 3.99. The maximum absolute atomic E-state index is 5.26. The maximum atomic E-state index is 5.26. The quantitative estimate of drug-likeness (QED) is 0.896. The summed E-state index contributed by atoms with van der Waals surface area (Å²) in [5, 5.41) is 3.41. The van der Waals surface area contributed by atoms with Gasteiger partial charge in [0.1, 0.15) is 11.5 Å². The number of rotatable bonds is 5. The first-order chi connectivity index (χ1) is 9.12. The number of ether oxygens (including phenoxy) is 2. The highest BCUT2D eigenvalue weighted by Crippen LogP contribution is 2.27. The third-order valence-electron chi connectivity index (χ3n) is 2.98. The highest BCUT2D eigenvalue weighted by Gasteiger charge is 2.05. The van der Waals surface area contributed by atoms with Crippen molar-refractivity contribution in [3.8, 4) is 11.5 Å². The van der Waals surface area contributed by atoms with Gasteiger partial charge in [-0.2, -0.15) is 0 Å². The Hall–Kier alpha value is -1.68. The second-order valence-corrected chi connectivity index (χ2v) is 5.85. The van der Waals surface area contributed by atoms with Crippen LogP contribution in [0.25, 0.3) is 0 Å². The number of anilines is 1. The molecule has 0 unspecified atom stereocenters. The van der Waals surface area contributed by atoms with Crippen molar-refractivity contribution < 1.29 is 9.47 Å². The monoisotopic (exact) mass is 277 g/mol. The number of hydrogen-bond donors (Lipinski definition) is 1. The first-order valence-corrected chi connectivity index (χ1v) is 6.97. The maximum Gasteiger partial charge on any atom is 0.124 e. The molecule has 0 saturated carbocycles. The first-order valence-electron chi connectivity index (χ1n) is 6.15. The smallest absolute Gasteiger partial charge is 0.124 e. The van der Waals surface area contributed by atoms with Gasteiger partial charge in [-0.25, -0.2) is 0 Å². The molecule has 1 aromatic carbocycles. The van der Waals surface area contributed by atoms with Crippen molar-refractivity contribution in [3.05, 3.63) is 39.6 Å². The van der Waals surface area contributed by atoms with E-state index in [0.717, 1.165) is 23.7 Å². The highest BCUT2D eigenvalue weighted by molar-refractivity contribution is 7.12. The molecule has 1 N–H and O–H groups in total. The van der Waals surface area contributed by atoms with Gasteiger partial charge in [0.25, 0.3) is 0 Å². The Labute approximate surface area is 118 Å². The van der Waals surface area contributed by atoms with E-state index in [1.807, 2.05) is 29.5 Å². The van der Waals surface area contributed by atoms with Crippen LogP contribution in [0.15, 0.2) is 24.3 Å². The van der Waals surface area contributed by atoms with Crippen LogP contribution in [0.3, 0.4) is 0 Å². The SMILES string of the molecule is COc1cc(NCc2cc(C)sc2C)cc(OC)c1. The number of hydrogen-bond acceptors (Lipinski definition) is 4. The summed E-state index contributed by atoms with van der Waals surface area (Å²) in [5.41, 5.74) is 2.34. The van der Waals surface area contributed by atoms with Gasteiger partial charge in [-0.3, -0.25) is 0 Å². The molecule has 0 saturated heterocycles. The molecule has 0 atom stereocenters. The van der Waals surface area contributed by atoms with Crippen molar-refractivity contribution >= 4 is 17.0 Å². The van der Waals surface area contributed by atoms with Gasteiger partial charge < -0.3 is 14.8 Å². The van der Waals surface area contributed by atoms with E-state index in [2.05, 4.69) is 25.2 Å². The Kier molecular flexibility index (Phi) is 4.32. The van der Waals surface area contributed by atoms with E-state index in [4.69, 9.17) is 9.47 Å². The molecular weight excluding hydrogens is 258 g/mol. The zero-order valence-electron chi connectivity index (χ0n) is 11.7. The molecular formula is C15H19NO2S. The summed E-state index contributed by atoms with van der Waals surface area (Å²) in [6.45, 7) is 5.10. The van der Waals surface area contributed by atoms with Gasteiger partial charge >= 0.3 is 0 Å². The van der Waals surface area contributed by atoms with E-state index in [9.17, 15) is 0 Å². The zero-order chi connectivity index (χ0) is 13.8. The third-order valence-corrected chi connectivity index (χ3v) is 3.99. The minimum atomic E-state index is 0.792. The number of thiophene rings is 1. The summed E-state index contributed by atoms with van der Waals surface area (Å²) in [6, 6.07) is 8.03. The summed E-state index contributed by atoms with van der Waals surface area (Å²) in [6.07, 6.45) is 0. The van der Waals surface area contributed by atoms with E-state index >= 15 is 0 Å². The van der Waals surface area contributed by atoms with Crippen molar-refractivity contribution in [1.29, 1.82) is 0 Å². The van der Waals surface area contributed by atoms with Crippen LogP contribution in [0, 0.1) is 13.8 Å². The lowest BCUT2D eigenvalue weighted by Crippen LogP contribution is -2.00. The Bertz CT molecular complexity index is 541. The van der Waals surface area contributed by atoms with Crippen LogP contribution in [-0.2, 0) is 6.54 Å². The molecule has 0 amide bonds. The highest BCUT2D eigenvalue weighted by atomic mass is 32.1. The lowest BCUT2D eigenvalue weighted by atomic mass is 10.2. The standard InChI is InChI=1S/C15H19NO2S/c1-10-5-12(11(2)19-10)9-16-13-6-14(17-3)8-15(7-13)18-4/h5-8,16H,9H2,1-4H3. The van der Waals surface area contributed by atoms with Gasteiger partial charge in [0.05, 0.1) is 14.2 Å². The first kappa shape index (κ1) is 13.7. The summed E-state index contributed by atoms with van der Waals surface area (Å²) in [7, 11) is 3.32. The van der Waals surface area contributed by atoms with Gasteiger partial charge in [0.15, 0.2) is 0 Å².